The fourth-order valence-corrected chi connectivity index (χ4v) is 3.00. The van der Waals surface area contributed by atoms with Gasteiger partial charge >= 0.3 is 0 Å². The monoisotopic (exact) mass is 390 g/mol. The van der Waals surface area contributed by atoms with Gasteiger partial charge in [0.05, 0.1) is 6.04 Å². The molecule has 1 heterocycles. The lowest BCUT2D eigenvalue weighted by Gasteiger charge is -2.17. The molecule has 1 aromatic rings. The summed E-state index contributed by atoms with van der Waals surface area (Å²) in [5.74, 6) is -0.752. The number of thioether (sulfide) groups is 1. The summed E-state index contributed by atoms with van der Waals surface area (Å²) in [6.45, 7) is 8.09. The molecule has 0 aliphatic carbocycles. The molecule has 1 rings (SSSR count). The number of aromatic nitrogens is 2. The van der Waals surface area contributed by atoms with Crippen molar-refractivity contribution in [3.05, 3.63) is 45.7 Å². The highest BCUT2D eigenvalue weighted by molar-refractivity contribution is 8.07. The highest BCUT2D eigenvalue weighted by Crippen LogP contribution is 2.27. The minimum absolute atomic E-state index is 0.112. The van der Waals surface area contributed by atoms with Crippen LogP contribution in [0.2, 0.25) is 0 Å². The first-order valence-electron chi connectivity index (χ1n) is 8.87. The van der Waals surface area contributed by atoms with E-state index in [1.165, 1.54) is 24.2 Å². The van der Waals surface area contributed by atoms with E-state index in [4.69, 9.17) is 0 Å². The SMILES string of the molecule is C/C=C(/C=O)S/C(=C/CC)C(C)NC(=O)c1cc(C(=O)NCCC)ncn1. The summed E-state index contributed by atoms with van der Waals surface area (Å²) in [5.41, 5.74) is 0.258. The topological polar surface area (TPSA) is 101 Å². The molecule has 0 aliphatic rings. The quantitative estimate of drug-likeness (QED) is 0.471. The van der Waals surface area contributed by atoms with Crippen LogP contribution in [0, 0.1) is 0 Å². The number of amides is 2. The second kappa shape index (κ2) is 12.0. The van der Waals surface area contributed by atoms with Crippen molar-refractivity contribution in [2.45, 2.75) is 46.6 Å². The molecule has 0 aromatic carbocycles. The van der Waals surface area contributed by atoms with E-state index >= 15 is 0 Å². The van der Waals surface area contributed by atoms with Crippen LogP contribution < -0.4 is 10.6 Å². The summed E-state index contributed by atoms with van der Waals surface area (Å²) in [6, 6.07) is 1.05. The van der Waals surface area contributed by atoms with Crippen LogP contribution in [0.1, 0.15) is 61.5 Å². The zero-order valence-corrected chi connectivity index (χ0v) is 16.9. The van der Waals surface area contributed by atoms with E-state index in [2.05, 4.69) is 20.6 Å². The third kappa shape index (κ3) is 7.34. The van der Waals surface area contributed by atoms with Crippen molar-refractivity contribution in [1.82, 2.24) is 20.6 Å². The Morgan fingerprint density at radius 2 is 1.89 bits per heavy atom. The fourth-order valence-electron chi connectivity index (χ4n) is 2.07. The maximum Gasteiger partial charge on any atom is 0.270 e. The first-order valence-corrected chi connectivity index (χ1v) is 9.68. The van der Waals surface area contributed by atoms with Gasteiger partial charge in [-0.15, -0.1) is 0 Å². The maximum absolute atomic E-state index is 12.5. The van der Waals surface area contributed by atoms with Crippen LogP contribution in [0.5, 0.6) is 0 Å². The van der Waals surface area contributed by atoms with Crippen molar-refractivity contribution in [3.8, 4) is 0 Å². The van der Waals surface area contributed by atoms with Crippen molar-refractivity contribution >= 4 is 29.9 Å². The highest BCUT2D eigenvalue weighted by atomic mass is 32.2. The molecule has 2 N–H and O–H groups in total. The van der Waals surface area contributed by atoms with Crippen LogP contribution in [0.3, 0.4) is 0 Å². The molecule has 0 aliphatic heterocycles. The summed E-state index contributed by atoms with van der Waals surface area (Å²) in [7, 11) is 0. The van der Waals surface area contributed by atoms with Gasteiger partial charge in [-0.2, -0.15) is 0 Å². The molecule has 146 valence electrons. The van der Waals surface area contributed by atoms with Crippen LogP contribution in [0.15, 0.2) is 34.4 Å². The number of carbonyl (C=O) groups excluding carboxylic acids is 3. The lowest BCUT2D eigenvalue weighted by atomic mass is 10.2. The Bertz CT molecular complexity index is 731. The van der Waals surface area contributed by atoms with Crippen LogP contribution in [-0.4, -0.2) is 40.7 Å². The van der Waals surface area contributed by atoms with Gasteiger partial charge in [0.2, 0.25) is 0 Å². The molecule has 0 bridgehead atoms. The zero-order chi connectivity index (χ0) is 20.2. The van der Waals surface area contributed by atoms with Gasteiger partial charge in [-0.3, -0.25) is 14.4 Å². The van der Waals surface area contributed by atoms with E-state index in [9.17, 15) is 14.4 Å². The van der Waals surface area contributed by atoms with Gasteiger partial charge in [0.1, 0.15) is 17.7 Å². The smallest absolute Gasteiger partial charge is 0.270 e. The van der Waals surface area contributed by atoms with Gasteiger partial charge in [0.15, 0.2) is 6.29 Å². The molecule has 27 heavy (non-hydrogen) atoms. The molecule has 0 spiro atoms. The Morgan fingerprint density at radius 3 is 2.44 bits per heavy atom. The van der Waals surface area contributed by atoms with Crippen molar-refractivity contribution in [2.75, 3.05) is 6.54 Å². The molecule has 7 nitrogen and oxygen atoms in total. The third-order valence-electron chi connectivity index (χ3n) is 3.48. The van der Waals surface area contributed by atoms with Crippen LogP contribution >= 0.6 is 11.8 Å². The molecule has 8 heteroatoms. The van der Waals surface area contributed by atoms with E-state index in [0.29, 0.717) is 11.4 Å². The molecular weight excluding hydrogens is 364 g/mol. The first-order chi connectivity index (χ1) is 13.0. The summed E-state index contributed by atoms with van der Waals surface area (Å²) >= 11 is 1.32. The largest absolute Gasteiger partial charge is 0.351 e. The Labute approximate surface area is 164 Å². The molecular formula is C19H26N4O3S. The highest BCUT2D eigenvalue weighted by Gasteiger charge is 2.18. The Balaban J connectivity index is 2.88. The van der Waals surface area contributed by atoms with Gasteiger partial charge in [-0.25, -0.2) is 9.97 Å². The molecule has 1 unspecified atom stereocenters. The van der Waals surface area contributed by atoms with E-state index in [-0.39, 0.29) is 23.3 Å². The van der Waals surface area contributed by atoms with Crippen LogP contribution in [-0.2, 0) is 4.79 Å². The second-order valence-corrected chi connectivity index (χ2v) is 6.81. The van der Waals surface area contributed by atoms with Gasteiger partial charge in [0, 0.05) is 22.4 Å². The number of rotatable bonds is 10. The molecule has 1 atom stereocenters. The van der Waals surface area contributed by atoms with E-state index in [1.54, 1.807) is 13.0 Å². The van der Waals surface area contributed by atoms with E-state index in [1.807, 2.05) is 26.8 Å². The average molecular weight is 391 g/mol. The molecule has 1 aromatic heterocycles. The van der Waals surface area contributed by atoms with Gasteiger partial charge in [-0.05, 0) is 26.7 Å². The van der Waals surface area contributed by atoms with Crippen LogP contribution in [0.25, 0.3) is 0 Å². The summed E-state index contributed by atoms with van der Waals surface area (Å²) in [6.07, 6.45) is 7.25. The molecule has 0 radical (unpaired) electrons. The number of nitrogens with zero attached hydrogens (tertiary/aromatic N) is 2. The maximum atomic E-state index is 12.5. The second-order valence-electron chi connectivity index (χ2n) is 5.67. The van der Waals surface area contributed by atoms with Gasteiger partial charge < -0.3 is 10.6 Å². The molecule has 0 saturated carbocycles. The summed E-state index contributed by atoms with van der Waals surface area (Å²) < 4.78 is 0. The fraction of sp³-hybridized carbons (Fsp3) is 0.421. The van der Waals surface area contributed by atoms with Crippen molar-refractivity contribution in [2.24, 2.45) is 0 Å². The van der Waals surface area contributed by atoms with Crippen molar-refractivity contribution in [3.63, 3.8) is 0 Å². The van der Waals surface area contributed by atoms with E-state index in [0.717, 1.165) is 24.0 Å². The minimum Gasteiger partial charge on any atom is -0.351 e. The number of aldehydes is 1. The number of hydrogen-bond donors (Lipinski definition) is 2. The lowest BCUT2D eigenvalue weighted by molar-refractivity contribution is -0.104. The van der Waals surface area contributed by atoms with Crippen LogP contribution in [0.4, 0.5) is 0 Å². The first kappa shape index (κ1) is 22.6. The Morgan fingerprint density at radius 1 is 1.22 bits per heavy atom. The Kier molecular flexibility index (Phi) is 10.0. The molecule has 2 amide bonds. The van der Waals surface area contributed by atoms with E-state index < -0.39 is 5.91 Å². The Hall–Kier alpha value is -2.48. The standard InChI is InChI=1S/C19H26N4O3S/c1-5-8-17(27-14(7-3)11-24)13(4)23-19(26)16-10-15(21-12-22-16)18(25)20-9-6-2/h7-8,10-13H,5-6,9H2,1-4H3,(H,20,25)(H,23,26)/b14-7-,17-8+. The summed E-state index contributed by atoms with van der Waals surface area (Å²) in [4.78, 5) is 44.9. The minimum atomic E-state index is -0.412. The van der Waals surface area contributed by atoms with Crippen molar-refractivity contribution < 1.29 is 14.4 Å². The number of carbonyl (C=O) groups is 3. The van der Waals surface area contributed by atoms with Gasteiger partial charge in [0.25, 0.3) is 11.8 Å². The number of hydrogen-bond acceptors (Lipinski definition) is 6. The van der Waals surface area contributed by atoms with Crippen molar-refractivity contribution in [1.29, 1.82) is 0 Å². The predicted octanol–water partition coefficient (Wildman–Crippen LogP) is 2.86. The lowest BCUT2D eigenvalue weighted by Crippen LogP contribution is -2.34. The molecule has 0 saturated heterocycles. The number of allylic oxidation sites excluding steroid dienone is 3. The predicted molar refractivity (Wildman–Crippen MR) is 107 cm³/mol. The number of nitrogens with one attached hydrogen (secondary N) is 2. The zero-order valence-electron chi connectivity index (χ0n) is 16.1. The van der Waals surface area contributed by atoms with Gasteiger partial charge in [-0.1, -0.05) is 37.8 Å². The average Bonchev–Trinajstić information content (AvgIpc) is 2.69. The third-order valence-corrected chi connectivity index (χ3v) is 4.81. The molecule has 0 fully saturated rings. The normalized spacial score (nSPS) is 13.0. The summed E-state index contributed by atoms with van der Waals surface area (Å²) in [5, 5.41) is 5.56.